The normalized spacial score (nSPS) is 10.2. The second-order valence-corrected chi connectivity index (χ2v) is 11.4. The summed E-state index contributed by atoms with van der Waals surface area (Å²) in [5.41, 5.74) is 19.7. The molecule has 12 heteroatoms. The van der Waals surface area contributed by atoms with E-state index in [1.54, 1.807) is 60.9 Å². The minimum absolute atomic E-state index is 0.181. The maximum Gasteiger partial charge on any atom is 0.257 e. The topological polar surface area (TPSA) is 139 Å². The third kappa shape index (κ3) is 10.8. The first-order valence-electron chi connectivity index (χ1n) is 14.3. The number of nitrogens with zero attached hydrogens (tertiary/aromatic N) is 1. The number of carbonyl (C=O) groups excluding carboxylic acids is 1. The number of hydrogen-bond acceptors (Lipinski definition) is 7. The number of benzene rings is 4. The van der Waals surface area contributed by atoms with Crippen LogP contribution in [0, 0.1) is 0 Å². The van der Waals surface area contributed by atoms with Crippen LogP contribution in [0.25, 0.3) is 10.8 Å². The van der Waals surface area contributed by atoms with Gasteiger partial charge in [-0.25, -0.2) is 0 Å². The van der Waals surface area contributed by atoms with Crippen LogP contribution in [0.3, 0.4) is 0 Å². The molecule has 0 fully saturated rings. The number of unbranched alkanes of at least 4 members (excludes halogenated alkanes) is 1. The van der Waals surface area contributed by atoms with Crippen molar-refractivity contribution in [3.8, 4) is 11.5 Å². The molecule has 4 aromatic carbocycles. The molecule has 0 spiro atoms. The fourth-order valence-electron chi connectivity index (χ4n) is 3.96. The standard InChI is InChI=1S/C16H13N3O.C10H13Cl2NO.C8H9Cl2NO/c17-12-5-7-13(8-6-12)19-16(20)15-10-18-9-11-3-1-2-4-14(11)15;1-2-3-4-14-10-8(11)5-7(13)6-9(10)12;1-2-12-8-6(9)3-5(11)4-7(8)10/h1-10H,17H2,(H,19,20);5-6H,2-4,13H2,1H3;3-4H,2,11H2,1H3. The summed E-state index contributed by atoms with van der Waals surface area (Å²) in [6.45, 7) is 5.11. The minimum Gasteiger partial charge on any atom is -0.491 e. The van der Waals surface area contributed by atoms with Crippen molar-refractivity contribution in [2.75, 3.05) is 35.7 Å². The summed E-state index contributed by atoms with van der Waals surface area (Å²) in [5, 5.41) is 6.49. The number of rotatable bonds is 8. The van der Waals surface area contributed by atoms with Crippen molar-refractivity contribution >= 4 is 85.8 Å². The van der Waals surface area contributed by atoms with E-state index in [0.29, 0.717) is 73.1 Å². The Balaban J connectivity index is 0.000000196. The van der Waals surface area contributed by atoms with E-state index >= 15 is 0 Å². The van der Waals surface area contributed by atoms with Crippen LogP contribution in [0.5, 0.6) is 11.5 Å². The van der Waals surface area contributed by atoms with Crippen LogP contribution in [0.15, 0.2) is 85.2 Å². The van der Waals surface area contributed by atoms with Gasteiger partial charge >= 0.3 is 0 Å². The summed E-state index contributed by atoms with van der Waals surface area (Å²) >= 11 is 23.5. The molecule has 0 bridgehead atoms. The van der Waals surface area contributed by atoms with Crippen LogP contribution in [0.4, 0.5) is 22.7 Å². The smallest absolute Gasteiger partial charge is 0.257 e. The van der Waals surface area contributed by atoms with Crippen LogP contribution >= 0.6 is 46.4 Å². The molecule has 7 N–H and O–H groups in total. The predicted molar refractivity (Wildman–Crippen MR) is 194 cm³/mol. The molecule has 5 aromatic rings. The lowest BCUT2D eigenvalue weighted by Crippen LogP contribution is -2.12. The highest BCUT2D eigenvalue weighted by molar-refractivity contribution is 6.38. The molecule has 242 valence electrons. The lowest BCUT2D eigenvalue weighted by molar-refractivity contribution is 0.102. The van der Waals surface area contributed by atoms with E-state index in [-0.39, 0.29) is 5.91 Å². The van der Waals surface area contributed by atoms with Gasteiger partial charge in [0.05, 0.1) is 38.9 Å². The quantitative estimate of drug-likeness (QED) is 0.0932. The molecule has 5 rings (SSSR count). The fourth-order valence-corrected chi connectivity index (χ4v) is 5.19. The van der Waals surface area contributed by atoms with Crippen molar-refractivity contribution in [2.45, 2.75) is 26.7 Å². The molecule has 8 nitrogen and oxygen atoms in total. The van der Waals surface area contributed by atoms with Gasteiger partial charge in [0.2, 0.25) is 0 Å². The highest BCUT2D eigenvalue weighted by atomic mass is 35.5. The highest BCUT2D eigenvalue weighted by Crippen LogP contribution is 2.36. The summed E-state index contributed by atoms with van der Waals surface area (Å²) < 4.78 is 10.6. The van der Waals surface area contributed by atoms with Crippen molar-refractivity contribution in [2.24, 2.45) is 0 Å². The first-order chi connectivity index (χ1) is 22.0. The van der Waals surface area contributed by atoms with Crippen molar-refractivity contribution in [3.63, 3.8) is 0 Å². The first kappa shape index (κ1) is 36.4. The van der Waals surface area contributed by atoms with E-state index < -0.39 is 0 Å². The average molecular weight is 703 g/mol. The number of nitrogens with one attached hydrogen (secondary N) is 1. The maximum atomic E-state index is 12.3. The van der Waals surface area contributed by atoms with E-state index in [1.165, 1.54) is 0 Å². The molecule has 0 saturated carbocycles. The van der Waals surface area contributed by atoms with E-state index in [1.807, 2.05) is 31.2 Å². The van der Waals surface area contributed by atoms with Crippen LogP contribution < -0.4 is 32.0 Å². The van der Waals surface area contributed by atoms with E-state index in [0.717, 1.165) is 23.6 Å². The van der Waals surface area contributed by atoms with Crippen LogP contribution in [-0.2, 0) is 0 Å². The Morgan fingerprint density at radius 3 is 1.83 bits per heavy atom. The van der Waals surface area contributed by atoms with Crippen molar-refractivity contribution in [1.29, 1.82) is 0 Å². The average Bonchev–Trinajstić information content (AvgIpc) is 3.02. The van der Waals surface area contributed by atoms with Gasteiger partial charge in [0.15, 0.2) is 11.5 Å². The number of carbonyl (C=O) groups is 1. The Morgan fingerprint density at radius 1 is 0.739 bits per heavy atom. The molecule has 1 aromatic heterocycles. The zero-order valence-corrected chi connectivity index (χ0v) is 28.4. The number of pyridine rings is 1. The molecule has 0 unspecified atom stereocenters. The largest absolute Gasteiger partial charge is 0.491 e. The molecular formula is C34H35Cl4N5O3. The summed E-state index contributed by atoms with van der Waals surface area (Å²) in [6.07, 6.45) is 5.38. The zero-order valence-electron chi connectivity index (χ0n) is 25.3. The Bertz CT molecular complexity index is 1700. The highest BCUT2D eigenvalue weighted by Gasteiger charge is 2.11. The van der Waals surface area contributed by atoms with E-state index in [2.05, 4.69) is 17.2 Å². The molecule has 0 radical (unpaired) electrons. The van der Waals surface area contributed by atoms with Crippen molar-refractivity contribution in [1.82, 2.24) is 4.98 Å². The summed E-state index contributed by atoms with van der Waals surface area (Å²) in [6, 6.07) is 21.2. The Labute approximate surface area is 288 Å². The minimum atomic E-state index is -0.181. The number of anilines is 4. The van der Waals surface area contributed by atoms with Gasteiger partial charge in [-0.1, -0.05) is 84.0 Å². The van der Waals surface area contributed by atoms with Crippen molar-refractivity contribution in [3.05, 3.63) is 111 Å². The Kier molecular flexibility index (Phi) is 14.4. The third-order valence-electron chi connectivity index (χ3n) is 6.16. The lowest BCUT2D eigenvalue weighted by Gasteiger charge is -2.09. The molecule has 0 aliphatic heterocycles. The number of nitrogens with two attached hydrogens (primary N) is 3. The first-order valence-corrected chi connectivity index (χ1v) is 15.8. The second-order valence-electron chi connectivity index (χ2n) is 9.75. The number of fused-ring (bicyclic) bond motifs is 1. The summed E-state index contributed by atoms with van der Waals surface area (Å²) in [7, 11) is 0. The van der Waals surface area contributed by atoms with Crippen LogP contribution in [-0.4, -0.2) is 24.1 Å². The lowest BCUT2D eigenvalue weighted by atomic mass is 10.1. The van der Waals surface area contributed by atoms with Gasteiger partial charge < -0.3 is 32.0 Å². The van der Waals surface area contributed by atoms with E-state index in [4.69, 9.17) is 73.1 Å². The summed E-state index contributed by atoms with van der Waals surface area (Å²) in [5.74, 6) is 0.838. The van der Waals surface area contributed by atoms with Gasteiger partial charge in [-0.3, -0.25) is 9.78 Å². The molecule has 46 heavy (non-hydrogen) atoms. The third-order valence-corrected chi connectivity index (χ3v) is 7.28. The molecule has 1 heterocycles. The monoisotopic (exact) mass is 701 g/mol. The molecule has 1 amide bonds. The number of ether oxygens (including phenoxy) is 2. The Hall–Kier alpha value is -4.08. The van der Waals surface area contributed by atoms with Gasteiger partial charge in [-0.05, 0) is 67.3 Å². The number of amides is 1. The molecule has 0 atom stereocenters. The van der Waals surface area contributed by atoms with Crippen LogP contribution in [0.2, 0.25) is 20.1 Å². The molecule has 0 saturated heterocycles. The Morgan fingerprint density at radius 2 is 1.28 bits per heavy atom. The summed E-state index contributed by atoms with van der Waals surface area (Å²) in [4.78, 5) is 16.4. The van der Waals surface area contributed by atoms with Gasteiger partial charge in [-0.15, -0.1) is 0 Å². The van der Waals surface area contributed by atoms with Gasteiger partial charge in [0.1, 0.15) is 0 Å². The van der Waals surface area contributed by atoms with Crippen molar-refractivity contribution < 1.29 is 14.3 Å². The van der Waals surface area contributed by atoms with E-state index in [9.17, 15) is 4.79 Å². The molecular weight excluding hydrogens is 668 g/mol. The predicted octanol–water partition coefficient (Wildman–Crippen LogP) is 9.80. The zero-order chi connectivity index (χ0) is 33.6. The molecule has 0 aliphatic carbocycles. The van der Waals surface area contributed by atoms with Crippen LogP contribution in [0.1, 0.15) is 37.0 Å². The number of nitrogen functional groups attached to an aromatic ring is 3. The molecule has 0 aliphatic rings. The number of aromatic nitrogens is 1. The fraction of sp³-hybridized carbons (Fsp3) is 0.176. The van der Waals surface area contributed by atoms with Gasteiger partial charge in [0.25, 0.3) is 5.91 Å². The van der Waals surface area contributed by atoms with Gasteiger partial charge in [-0.2, -0.15) is 0 Å². The van der Waals surface area contributed by atoms with Gasteiger partial charge in [0, 0.05) is 40.5 Å². The number of halogens is 4. The second kappa shape index (κ2) is 18.2. The number of hydrogen-bond donors (Lipinski definition) is 4. The maximum absolute atomic E-state index is 12.3. The SMILES string of the molecule is CCCCOc1c(Cl)cc(N)cc1Cl.CCOc1c(Cl)cc(N)cc1Cl.Nc1ccc(NC(=O)c2cncc3ccccc23)cc1.